The van der Waals surface area contributed by atoms with Gasteiger partial charge in [0.1, 0.15) is 0 Å². The summed E-state index contributed by atoms with van der Waals surface area (Å²) in [5, 5.41) is 2.89. The molecule has 34 heavy (non-hydrogen) atoms. The summed E-state index contributed by atoms with van der Waals surface area (Å²) in [6, 6.07) is 16.5. The molecule has 0 radical (unpaired) electrons. The summed E-state index contributed by atoms with van der Waals surface area (Å²) in [4.78, 5) is 27.5. The van der Waals surface area contributed by atoms with Crippen LogP contribution in [-0.2, 0) is 26.0 Å². The number of aryl methyl sites for hydroxylation is 1. The van der Waals surface area contributed by atoms with E-state index in [9.17, 15) is 18.0 Å². The summed E-state index contributed by atoms with van der Waals surface area (Å²) in [7, 11) is -3.55. The number of carbonyl (C=O) groups excluding carboxylic acids is 2. The summed E-state index contributed by atoms with van der Waals surface area (Å²) in [5.74, 6) is -0.192. The van der Waals surface area contributed by atoms with Crippen LogP contribution < -0.4 is 5.32 Å². The molecule has 0 spiro atoms. The maximum absolute atomic E-state index is 12.9. The average molecular weight is 484 g/mol. The van der Waals surface area contributed by atoms with Gasteiger partial charge in [-0.3, -0.25) is 9.59 Å². The highest BCUT2D eigenvalue weighted by atomic mass is 32.2. The van der Waals surface area contributed by atoms with E-state index in [1.807, 2.05) is 35.2 Å². The van der Waals surface area contributed by atoms with Gasteiger partial charge < -0.3 is 10.2 Å². The van der Waals surface area contributed by atoms with Gasteiger partial charge in [0.25, 0.3) is 0 Å². The molecule has 2 fully saturated rings. The van der Waals surface area contributed by atoms with Crippen molar-refractivity contribution in [3.63, 3.8) is 0 Å². The van der Waals surface area contributed by atoms with Crippen LogP contribution >= 0.6 is 0 Å². The maximum atomic E-state index is 12.9. The zero-order chi connectivity index (χ0) is 24.0. The average Bonchev–Trinajstić information content (AvgIpc) is 2.88. The summed E-state index contributed by atoms with van der Waals surface area (Å²) in [6.07, 6.45) is 5.21. The molecule has 2 aliphatic heterocycles. The van der Waals surface area contributed by atoms with Gasteiger partial charge in [-0.1, -0.05) is 42.8 Å². The van der Waals surface area contributed by atoms with E-state index in [-0.39, 0.29) is 22.6 Å². The lowest BCUT2D eigenvalue weighted by molar-refractivity contribution is -0.134. The number of rotatable bonds is 7. The highest BCUT2D eigenvalue weighted by Gasteiger charge is 2.29. The van der Waals surface area contributed by atoms with Crippen LogP contribution in [0.1, 0.15) is 44.1 Å². The first-order valence-corrected chi connectivity index (χ1v) is 13.6. The molecule has 2 aliphatic rings. The normalized spacial score (nSPS) is 17.9. The molecule has 0 aliphatic carbocycles. The van der Waals surface area contributed by atoms with Crippen LogP contribution in [0.4, 0.5) is 5.69 Å². The summed E-state index contributed by atoms with van der Waals surface area (Å²) < 4.78 is 27.4. The maximum Gasteiger partial charge on any atom is 0.243 e. The molecule has 2 aromatic carbocycles. The van der Waals surface area contributed by atoms with Crippen LogP contribution in [-0.4, -0.2) is 55.6 Å². The van der Waals surface area contributed by atoms with E-state index < -0.39 is 10.0 Å². The lowest BCUT2D eigenvalue weighted by Crippen LogP contribution is -2.41. The fourth-order valence-corrected chi connectivity index (χ4v) is 6.24. The van der Waals surface area contributed by atoms with Gasteiger partial charge in [-0.15, -0.1) is 0 Å². The molecule has 0 unspecified atom stereocenters. The van der Waals surface area contributed by atoms with Gasteiger partial charge in [-0.05, 0) is 55.9 Å². The van der Waals surface area contributed by atoms with Gasteiger partial charge in [0, 0.05) is 44.2 Å². The molecule has 0 saturated carbocycles. The first-order valence-electron chi connectivity index (χ1n) is 12.2. The quantitative estimate of drug-likeness (QED) is 0.651. The van der Waals surface area contributed by atoms with Crippen molar-refractivity contribution in [3.8, 4) is 0 Å². The van der Waals surface area contributed by atoms with Crippen molar-refractivity contribution in [2.45, 2.75) is 49.8 Å². The Balaban J connectivity index is 1.28. The number of anilines is 1. The lowest BCUT2D eigenvalue weighted by Gasteiger charge is -2.31. The van der Waals surface area contributed by atoms with Crippen LogP contribution in [0, 0.1) is 5.92 Å². The third-order valence-electron chi connectivity index (χ3n) is 6.74. The molecular weight excluding hydrogens is 450 g/mol. The van der Waals surface area contributed by atoms with E-state index in [1.165, 1.54) is 4.31 Å². The molecule has 0 aromatic heterocycles. The monoisotopic (exact) mass is 483 g/mol. The highest BCUT2D eigenvalue weighted by molar-refractivity contribution is 7.89. The Labute approximate surface area is 202 Å². The first-order chi connectivity index (χ1) is 16.4. The van der Waals surface area contributed by atoms with Crippen molar-refractivity contribution < 1.29 is 18.0 Å². The zero-order valence-corrected chi connectivity index (χ0v) is 20.3. The Kier molecular flexibility index (Phi) is 8.00. The van der Waals surface area contributed by atoms with E-state index in [4.69, 9.17) is 0 Å². The number of carbonyl (C=O) groups is 2. The van der Waals surface area contributed by atoms with Crippen LogP contribution in [0.15, 0.2) is 59.5 Å². The molecular formula is C26H33N3O4S. The number of amides is 2. The molecule has 2 aromatic rings. The van der Waals surface area contributed by atoms with E-state index in [2.05, 4.69) is 5.32 Å². The second-order valence-corrected chi connectivity index (χ2v) is 11.1. The molecule has 2 amide bonds. The molecule has 2 heterocycles. The number of hydrogen-bond acceptors (Lipinski definition) is 4. The van der Waals surface area contributed by atoms with Crippen molar-refractivity contribution in [1.29, 1.82) is 0 Å². The first kappa shape index (κ1) is 24.4. The Bertz CT molecular complexity index is 1090. The lowest BCUT2D eigenvalue weighted by atomic mass is 9.95. The predicted molar refractivity (Wildman–Crippen MR) is 132 cm³/mol. The Morgan fingerprint density at radius 1 is 0.882 bits per heavy atom. The molecule has 7 nitrogen and oxygen atoms in total. The summed E-state index contributed by atoms with van der Waals surface area (Å²) in [6.45, 7) is 2.22. The van der Waals surface area contributed by atoms with Gasteiger partial charge in [0.05, 0.1) is 4.90 Å². The van der Waals surface area contributed by atoms with Gasteiger partial charge in [-0.2, -0.15) is 4.31 Å². The molecule has 2 saturated heterocycles. The van der Waals surface area contributed by atoms with Crippen LogP contribution in [0.5, 0.6) is 0 Å². The third kappa shape index (κ3) is 6.04. The molecule has 0 atom stereocenters. The van der Waals surface area contributed by atoms with Crippen LogP contribution in [0.3, 0.4) is 0 Å². The number of piperidine rings is 2. The molecule has 1 N–H and O–H groups in total. The minimum Gasteiger partial charge on any atom is -0.343 e. The smallest absolute Gasteiger partial charge is 0.243 e. The van der Waals surface area contributed by atoms with Gasteiger partial charge in [0.2, 0.25) is 21.8 Å². The van der Waals surface area contributed by atoms with Crippen molar-refractivity contribution in [1.82, 2.24) is 9.21 Å². The topological polar surface area (TPSA) is 86.8 Å². The Morgan fingerprint density at radius 2 is 1.59 bits per heavy atom. The Hall–Kier alpha value is -2.71. The van der Waals surface area contributed by atoms with Crippen LogP contribution in [0.2, 0.25) is 0 Å². The molecule has 182 valence electrons. The summed E-state index contributed by atoms with van der Waals surface area (Å²) >= 11 is 0. The molecule has 0 bridgehead atoms. The fraction of sp³-hybridized carbons (Fsp3) is 0.462. The van der Waals surface area contributed by atoms with Crippen molar-refractivity contribution in [2.24, 2.45) is 5.92 Å². The largest absolute Gasteiger partial charge is 0.343 e. The van der Waals surface area contributed by atoms with Crippen molar-refractivity contribution in [3.05, 3.63) is 60.2 Å². The van der Waals surface area contributed by atoms with Gasteiger partial charge in [0.15, 0.2) is 0 Å². The van der Waals surface area contributed by atoms with E-state index in [0.29, 0.717) is 51.1 Å². The van der Waals surface area contributed by atoms with E-state index in [0.717, 1.165) is 31.2 Å². The second-order valence-electron chi connectivity index (χ2n) is 9.12. The highest BCUT2D eigenvalue weighted by Crippen LogP contribution is 2.25. The summed E-state index contributed by atoms with van der Waals surface area (Å²) in [5.41, 5.74) is 1.64. The number of nitrogens with zero attached hydrogens (tertiary/aromatic N) is 2. The van der Waals surface area contributed by atoms with Crippen molar-refractivity contribution in [2.75, 3.05) is 31.5 Å². The SMILES string of the molecule is O=C(Nc1cccc(S(=O)(=O)N2CCCCC2)c1)C1CCN(C(=O)CCc2ccccc2)CC1. The van der Waals surface area contributed by atoms with Gasteiger partial charge >= 0.3 is 0 Å². The molecule has 4 rings (SSSR count). The minimum absolute atomic E-state index is 0.121. The number of hydrogen-bond donors (Lipinski definition) is 1. The van der Waals surface area contributed by atoms with Gasteiger partial charge in [-0.25, -0.2) is 8.42 Å². The third-order valence-corrected chi connectivity index (χ3v) is 8.64. The van der Waals surface area contributed by atoms with Crippen molar-refractivity contribution >= 4 is 27.5 Å². The number of sulfonamides is 1. The second kappa shape index (κ2) is 11.1. The number of nitrogens with one attached hydrogen (secondary N) is 1. The van der Waals surface area contributed by atoms with E-state index >= 15 is 0 Å². The number of benzene rings is 2. The fourth-order valence-electron chi connectivity index (χ4n) is 4.68. The minimum atomic E-state index is -3.55. The standard InChI is InChI=1S/C26H33N3O4S/c30-25(13-12-21-8-3-1-4-9-21)28-18-14-22(15-19-28)26(31)27-23-10-7-11-24(20-23)34(32,33)29-16-5-2-6-17-29/h1,3-4,7-11,20,22H,2,5-6,12-19H2,(H,27,31). The predicted octanol–water partition coefficient (Wildman–Crippen LogP) is 3.67. The van der Waals surface area contributed by atoms with E-state index in [1.54, 1.807) is 24.3 Å². The number of likely N-dealkylation sites (tertiary alicyclic amines) is 1. The molecule has 8 heteroatoms. The van der Waals surface area contributed by atoms with Crippen LogP contribution in [0.25, 0.3) is 0 Å². The Morgan fingerprint density at radius 3 is 2.29 bits per heavy atom. The zero-order valence-electron chi connectivity index (χ0n) is 19.5.